The lowest BCUT2D eigenvalue weighted by Crippen LogP contribution is -2.46. The number of quaternary nitrogens is 1. The van der Waals surface area contributed by atoms with Crippen molar-refractivity contribution in [2.75, 3.05) is 40.9 Å². The van der Waals surface area contributed by atoms with E-state index in [9.17, 15) is 19.4 Å². The Kier molecular flexibility index (Phi) is 26.7. The summed E-state index contributed by atoms with van der Waals surface area (Å²) in [5.74, 6) is -0.167. The molecule has 0 saturated carbocycles. The summed E-state index contributed by atoms with van der Waals surface area (Å²) in [5, 5.41) is 13.7. The largest absolute Gasteiger partial charge is 0.472 e. The summed E-state index contributed by atoms with van der Waals surface area (Å²) in [6.45, 7) is 4.75. The third kappa shape index (κ3) is 29.5. The van der Waals surface area contributed by atoms with Gasteiger partial charge in [-0.05, 0) is 44.9 Å². The molecule has 0 aliphatic heterocycles. The van der Waals surface area contributed by atoms with Crippen molar-refractivity contribution in [1.82, 2.24) is 5.32 Å². The Labute approximate surface area is 264 Å². The second kappa shape index (κ2) is 27.3. The highest BCUT2D eigenvalue weighted by atomic mass is 31.2. The summed E-state index contributed by atoms with van der Waals surface area (Å²) in [6.07, 6.45) is 27.9. The van der Waals surface area contributed by atoms with E-state index in [-0.39, 0.29) is 19.1 Å². The van der Waals surface area contributed by atoms with E-state index >= 15 is 0 Å². The molecule has 0 rings (SSSR count). The Bertz CT molecular complexity index is 768. The molecule has 0 aromatic heterocycles. The first-order valence-electron chi connectivity index (χ1n) is 17.2. The zero-order chi connectivity index (χ0) is 32.2. The summed E-state index contributed by atoms with van der Waals surface area (Å²) in [5.41, 5.74) is 0. The SMILES string of the molecule is CCCCC/C=C\C/C=C\CCCCCCCC(=O)NC(COP(=O)(O)OCC[N+](C)(C)C)C(O)CCCCCCCC. The van der Waals surface area contributed by atoms with Crippen molar-refractivity contribution < 1.29 is 32.9 Å². The number of unbranched alkanes of at least 4 members (excludes halogenated alkanes) is 13. The summed E-state index contributed by atoms with van der Waals surface area (Å²) < 4.78 is 23.3. The van der Waals surface area contributed by atoms with Crippen molar-refractivity contribution in [1.29, 1.82) is 0 Å². The molecule has 0 aliphatic rings. The van der Waals surface area contributed by atoms with Gasteiger partial charge in [-0.3, -0.25) is 13.8 Å². The van der Waals surface area contributed by atoms with Crippen LogP contribution in [0.1, 0.15) is 136 Å². The minimum absolute atomic E-state index is 0.0709. The molecule has 43 heavy (non-hydrogen) atoms. The zero-order valence-corrected chi connectivity index (χ0v) is 29.3. The molecule has 0 fully saturated rings. The normalized spacial score (nSPS) is 15.2. The summed E-state index contributed by atoms with van der Waals surface area (Å²) in [4.78, 5) is 22.8. The molecular weight excluding hydrogens is 563 g/mol. The van der Waals surface area contributed by atoms with Crippen molar-refractivity contribution in [3.8, 4) is 0 Å². The van der Waals surface area contributed by atoms with E-state index in [0.29, 0.717) is 23.9 Å². The molecule has 0 heterocycles. The van der Waals surface area contributed by atoms with Gasteiger partial charge in [0.1, 0.15) is 13.2 Å². The van der Waals surface area contributed by atoms with Crippen LogP contribution in [0.5, 0.6) is 0 Å². The first-order valence-corrected chi connectivity index (χ1v) is 18.7. The highest BCUT2D eigenvalue weighted by molar-refractivity contribution is 7.47. The number of aliphatic hydroxyl groups is 1. The molecular formula is C34H68N2O6P+. The zero-order valence-electron chi connectivity index (χ0n) is 28.4. The van der Waals surface area contributed by atoms with Crippen LogP contribution in [0.2, 0.25) is 0 Å². The molecule has 0 aliphatic carbocycles. The van der Waals surface area contributed by atoms with Crippen LogP contribution in [0.15, 0.2) is 24.3 Å². The van der Waals surface area contributed by atoms with E-state index in [1.807, 2.05) is 21.1 Å². The number of carbonyl (C=O) groups is 1. The fourth-order valence-electron chi connectivity index (χ4n) is 4.60. The van der Waals surface area contributed by atoms with Gasteiger partial charge >= 0.3 is 7.82 Å². The minimum Gasteiger partial charge on any atom is -0.391 e. The quantitative estimate of drug-likeness (QED) is 0.0319. The summed E-state index contributed by atoms with van der Waals surface area (Å²) >= 11 is 0. The third-order valence-electron chi connectivity index (χ3n) is 7.45. The number of hydrogen-bond donors (Lipinski definition) is 3. The number of phosphoric acid groups is 1. The van der Waals surface area contributed by atoms with E-state index in [2.05, 4.69) is 43.5 Å². The van der Waals surface area contributed by atoms with E-state index in [1.165, 1.54) is 44.9 Å². The molecule has 3 atom stereocenters. The number of nitrogens with one attached hydrogen (secondary N) is 1. The lowest BCUT2D eigenvalue weighted by molar-refractivity contribution is -0.870. The van der Waals surface area contributed by atoms with Crippen LogP contribution in [0.3, 0.4) is 0 Å². The predicted octanol–water partition coefficient (Wildman–Crippen LogP) is 8.24. The van der Waals surface area contributed by atoms with E-state index in [4.69, 9.17) is 9.05 Å². The first kappa shape index (κ1) is 42.0. The fourth-order valence-corrected chi connectivity index (χ4v) is 5.34. The van der Waals surface area contributed by atoms with Crippen molar-refractivity contribution >= 4 is 13.7 Å². The van der Waals surface area contributed by atoms with Gasteiger partial charge in [0.05, 0.1) is 39.9 Å². The van der Waals surface area contributed by atoms with Gasteiger partial charge in [-0.25, -0.2) is 4.57 Å². The average Bonchev–Trinajstić information content (AvgIpc) is 2.94. The van der Waals surface area contributed by atoms with E-state index in [0.717, 1.165) is 64.2 Å². The van der Waals surface area contributed by atoms with Gasteiger partial charge in [-0.2, -0.15) is 0 Å². The second-order valence-electron chi connectivity index (χ2n) is 12.9. The van der Waals surface area contributed by atoms with Crippen molar-refractivity contribution in [2.45, 2.75) is 148 Å². The van der Waals surface area contributed by atoms with Gasteiger partial charge < -0.3 is 19.8 Å². The van der Waals surface area contributed by atoms with Crippen molar-refractivity contribution in [3.63, 3.8) is 0 Å². The molecule has 254 valence electrons. The number of amides is 1. The van der Waals surface area contributed by atoms with Crippen LogP contribution in [0.4, 0.5) is 0 Å². The van der Waals surface area contributed by atoms with Crippen LogP contribution in [-0.2, 0) is 18.4 Å². The molecule has 0 bridgehead atoms. The smallest absolute Gasteiger partial charge is 0.391 e. The maximum Gasteiger partial charge on any atom is 0.472 e. The standard InChI is InChI=1S/C34H67N2O6P/c1-6-8-10-12-14-15-16-17-18-19-20-21-22-24-26-28-34(38)35-32(33(37)27-25-23-13-11-9-7-2)31-42-43(39,40)41-30-29-36(3,4)5/h14-15,17-18,32-33,37H,6-13,16,19-31H2,1-5H3,(H-,35,38,39,40)/p+1/b15-14-,18-17-. The molecule has 0 spiro atoms. The lowest BCUT2D eigenvalue weighted by Gasteiger charge is -2.26. The Hall–Kier alpha value is -1.02. The Morgan fingerprint density at radius 3 is 1.95 bits per heavy atom. The van der Waals surface area contributed by atoms with Crippen molar-refractivity contribution in [2.24, 2.45) is 0 Å². The number of hydrogen-bond acceptors (Lipinski definition) is 5. The van der Waals surface area contributed by atoms with Gasteiger partial charge in [0, 0.05) is 6.42 Å². The number of aliphatic hydroxyl groups excluding tert-OH is 1. The number of rotatable bonds is 30. The van der Waals surface area contributed by atoms with Crippen LogP contribution >= 0.6 is 7.82 Å². The maximum atomic E-state index is 12.7. The Balaban J connectivity index is 4.43. The summed E-state index contributed by atoms with van der Waals surface area (Å²) in [6, 6.07) is -0.761. The van der Waals surface area contributed by atoms with Crippen LogP contribution < -0.4 is 5.32 Å². The van der Waals surface area contributed by atoms with Gasteiger partial charge in [0.15, 0.2) is 0 Å². The van der Waals surface area contributed by atoms with E-state index in [1.54, 1.807) is 0 Å². The second-order valence-corrected chi connectivity index (χ2v) is 14.3. The predicted molar refractivity (Wildman–Crippen MR) is 180 cm³/mol. The van der Waals surface area contributed by atoms with Gasteiger partial charge in [0.25, 0.3) is 0 Å². The van der Waals surface area contributed by atoms with Gasteiger partial charge in [-0.1, -0.05) is 109 Å². The molecule has 0 aromatic carbocycles. The van der Waals surface area contributed by atoms with Crippen LogP contribution in [-0.4, -0.2) is 73.4 Å². The number of allylic oxidation sites excluding steroid dienone is 4. The highest BCUT2D eigenvalue weighted by Crippen LogP contribution is 2.43. The average molecular weight is 632 g/mol. The van der Waals surface area contributed by atoms with Crippen molar-refractivity contribution in [3.05, 3.63) is 24.3 Å². The monoisotopic (exact) mass is 631 g/mol. The minimum atomic E-state index is -4.29. The molecule has 3 N–H and O–H groups in total. The molecule has 0 aromatic rings. The fraction of sp³-hybridized carbons (Fsp3) is 0.853. The molecule has 0 radical (unpaired) electrons. The van der Waals surface area contributed by atoms with Gasteiger partial charge in [-0.15, -0.1) is 0 Å². The Morgan fingerprint density at radius 1 is 0.791 bits per heavy atom. The first-order chi connectivity index (χ1) is 20.5. The molecule has 1 amide bonds. The third-order valence-corrected chi connectivity index (χ3v) is 8.44. The van der Waals surface area contributed by atoms with Gasteiger partial charge in [0.2, 0.25) is 5.91 Å². The highest BCUT2D eigenvalue weighted by Gasteiger charge is 2.28. The summed E-state index contributed by atoms with van der Waals surface area (Å²) in [7, 11) is 1.60. The Morgan fingerprint density at radius 2 is 1.33 bits per heavy atom. The lowest BCUT2D eigenvalue weighted by atomic mass is 10.0. The molecule has 8 nitrogen and oxygen atoms in total. The molecule has 9 heteroatoms. The van der Waals surface area contributed by atoms with Crippen LogP contribution in [0, 0.1) is 0 Å². The number of likely N-dealkylation sites (N-methyl/N-ethyl adjacent to an activating group) is 1. The number of carbonyl (C=O) groups excluding carboxylic acids is 1. The number of nitrogens with zero attached hydrogens (tertiary/aromatic N) is 1. The number of phosphoric ester groups is 1. The van der Waals surface area contributed by atoms with Crippen LogP contribution in [0.25, 0.3) is 0 Å². The van der Waals surface area contributed by atoms with E-state index < -0.39 is 20.0 Å². The maximum absolute atomic E-state index is 12.7. The molecule has 0 saturated heterocycles. The molecule has 3 unspecified atom stereocenters. The topological polar surface area (TPSA) is 105 Å².